The lowest BCUT2D eigenvalue weighted by Crippen LogP contribution is -2.61. The van der Waals surface area contributed by atoms with Crippen LogP contribution in [0.2, 0.25) is 0 Å². The van der Waals surface area contributed by atoms with Crippen LogP contribution in [0.5, 0.6) is 5.75 Å². The summed E-state index contributed by atoms with van der Waals surface area (Å²) < 4.78 is 29.7. The number of rotatable bonds is 30. The van der Waals surface area contributed by atoms with E-state index in [0.717, 1.165) is 67.6 Å². The summed E-state index contributed by atoms with van der Waals surface area (Å²) in [4.78, 5) is 90.3. The minimum absolute atomic E-state index is 0. The molecule has 0 unspecified atom stereocenters. The maximum absolute atomic E-state index is 13.3. The van der Waals surface area contributed by atoms with Gasteiger partial charge in [-0.3, -0.25) is 33.7 Å². The molecular weight excluding hydrogens is 1150 g/mol. The SMILES string of the molecule is O=C(/C=C/c1ccc[n+](Cc2ccc(O[C@@H]3O[C@H](C(=O)O)[C@@H](O)[C@H](O)[C@H]3O)c(NC(=O)CCNC(=O)CCOCCOCCOCCN3C(=O)C(Br)=C(Br)C3=O)c2)c1)CCCCCC1CCN(C(=O)c2ccccc2)CC1.[CH3-]. The maximum Gasteiger partial charge on any atom is 0.335 e. The van der Waals surface area contributed by atoms with Gasteiger partial charge < -0.3 is 67.1 Å². The van der Waals surface area contributed by atoms with Crippen molar-refractivity contribution >= 4 is 84.9 Å². The minimum atomic E-state index is -1.95. The van der Waals surface area contributed by atoms with E-state index in [1.54, 1.807) is 24.3 Å². The Morgan fingerprint density at radius 3 is 2.14 bits per heavy atom. The molecule has 6 rings (SSSR count). The number of aliphatic hydroxyl groups excluding tert-OH is 3. The van der Waals surface area contributed by atoms with Crippen LogP contribution in [0.4, 0.5) is 5.69 Å². The highest BCUT2D eigenvalue weighted by Gasteiger charge is 2.48. The van der Waals surface area contributed by atoms with Crippen LogP contribution in [0.1, 0.15) is 79.3 Å². The van der Waals surface area contributed by atoms with Gasteiger partial charge in [0.1, 0.15) is 33.0 Å². The number of nitrogens with zero attached hydrogens (tertiary/aromatic N) is 3. The number of aliphatic hydroxyl groups is 3. The summed E-state index contributed by atoms with van der Waals surface area (Å²) in [5.41, 5.74) is 2.26. The number of aromatic nitrogens is 1. The molecular formula is C55H69Br2N5O16. The predicted octanol–water partition coefficient (Wildman–Crippen LogP) is 4.08. The number of pyridine rings is 1. The molecule has 0 aliphatic carbocycles. The monoisotopic (exact) mass is 1210 g/mol. The van der Waals surface area contributed by atoms with Crippen molar-refractivity contribution in [1.29, 1.82) is 0 Å². The topological polar surface area (TPSA) is 281 Å². The van der Waals surface area contributed by atoms with E-state index < -0.39 is 54.4 Å². The fourth-order valence-electron chi connectivity index (χ4n) is 8.67. The first-order valence-corrected chi connectivity index (χ1v) is 27.2. The number of anilines is 1. The largest absolute Gasteiger partial charge is 0.479 e. The van der Waals surface area contributed by atoms with Crippen LogP contribution in [-0.2, 0) is 54.3 Å². The van der Waals surface area contributed by atoms with Gasteiger partial charge in [0, 0.05) is 61.7 Å². The number of hydrogen-bond acceptors (Lipinski definition) is 15. The molecule has 23 heteroatoms. The second-order valence-electron chi connectivity index (χ2n) is 18.6. The number of piperidine rings is 1. The van der Waals surface area contributed by atoms with Gasteiger partial charge in [-0.25, -0.2) is 9.36 Å². The van der Waals surface area contributed by atoms with Crippen LogP contribution >= 0.6 is 31.9 Å². The molecule has 424 valence electrons. The maximum atomic E-state index is 13.3. The summed E-state index contributed by atoms with van der Waals surface area (Å²) in [6, 6.07) is 17.8. The molecule has 3 aromatic rings. The lowest BCUT2D eigenvalue weighted by Gasteiger charge is -2.38. The first-order chi connectivity index (χ1) is 37.1. The zero-order valence-electron chi connectivity index (χ0n) is 43.5. The number of likely N-dealkylation sites (tertiary alicyclic amines) is 1. The van der Waals surface area contributed by atoms with Crippen molar-refractivity contribution in [3.05, 3.63) is 112 Å². The van der Waals surface area contributed by atoms with Gasteiger partial charge in [-0.2, -0.15) is 0 Å². The summed E-state index contributed by atoms with van der Waals surface area (Å²) in [7, 11) is 0. The van der Waals surface area contributed by atoms with Crippen LogP contribution in [0.15, 0.2) is 88.1 Å². The third-order valence-electron chi connectivity index (χ3n) is 12.9. The van der Waals surface area contributed by atoms with E-state index in [9.17, 15) is 54.0 Å². The molecule has 2 fully saturated rings. The fourth-order valence-corrected chi connectivity index (χ4v) is 9.44. The molecule has 5 atom stereocenters. The van der Waals surface area contributed by atoms with Crippen molar-refractivity contribution in [2.75, 3.05) is 71.1 Å². The number of ether oxygens (including phenoxy) is 5. The van der Waals surface area contributed by atoms with E-state index in [1.807, 2.05) is 64.3 Å². The van der Waals surface area contributed by atoms with Gasteiger partial charge in [-0.15, -0.1) is 0 Å². The molecule has 5 amide bonds. The van der Waals surface area contributed by atoms with E-state index in [4.69, 9.17) is 23.7 Å². The molecule has 2 saturated heterocycles. The van der Waals surface area contributed by atoms with Crippen LogP contribution in [0.25, 0.3) is 6.08 Å². The van der Waals surface area contributed by atoms with Crippen LogP contribution in [-0.4, -0.2) is 168 Å². The number of imide groups is 1. The van der Waals surface area contributed by atoms with Gasteiger partial charge in [-0.1, -0.05) is 37.5 Å². The van der Waals surface area contributed by atoms with Gasteiger partial charge in [0.05, 0.1) is 51.9 Å². The normalized spacial score (nSPS) is 19.7. The number of unbranched alkanes of at least 4 members (excludes halogenated alkanes) is 2. The van der Waals surface area contributed by atoms with E-state index in [2.05, 4.69) is 42.5 Å². The number of benzene rings is 2. The summed E-state index contributed by atoms with van der Waals surface area (Å²) in [6.07, 6.45) is 3.69. The number of carboxylic acids is 1. The number of allylic oxidation sites excluding steroid dienone is 1. The Hall–Kier alpha value is -5.76. The van der Waals surface area contributed by atoms with Crippen molar-refractivity contribution < 1.29 is 82.2 Å². The lowest BCUT2D eigenvalue weighted by molar-refractivity contribution is -0.688. The molecule has 21 nitrogen and oxygen atoms in total. The highest BCUT2D eigenvalue weighted by molar-refractivity contribution is 9.14. The second kappa shape index (κ2) is 32.3. The minimum Gasteiger partial charge on any atom is -0.479 e. The number of nitrogens with one attached hydrogen (secondary N) is 2. The number of aliphatic carboxylic acids is 1. The molecule has 0 saturated carbocycles. The van der Waals surface area contributed by atoms with Crippen LogP contribution in [0, 0.1) is 13.3 Å². The summed E-state index contributed by atoms with van der Waals surface area (Å²) in [5, 5.41) is 46.2. The number of carbonyl (C=O) groups excluding carboxylic acids is 6. The fraction of sp³-hybridized carbons (Fsp3) is 0.473. The Bertz CT molecular complexity index is 2550. The van der Waals surface area contributed by atoms with Crippen molar-refractivity contribution in [3.8, 4) is 5.75 Å². The Morgan fingerprint density at radius 2 is 1.45 bits per heavy atom. The van der Waals surface area contributed by atoms with Crippen LogP contribution < -0.4 is 19.9 Å². The Balaban J connectivity index is 0.0000112. The van der Waals surface area contributed by atoms with E-state index in [0.29, 0.717) is 17.9 Å². The highest BCUT2D eigenvalue weighted by Crippen LogP contribution is 2.32. The first kappa shape index (κ1) is 63.1. The van der Waals surface area contributed by atoms with Crippen molar-refractivity contribution in [1.82, 2.24) is 15.1 Å². The van der Waals surface area contributed by atoms with Gasteiger partial charge in [-0.05, 0) is 106 Å². The summed E-state index contributed by atoms with van der Waals surface area (Å²) >= 11 is 6.14. The van der Waals surface area contributed by atoms with Crippen molar-refractivity contribution in [3.63, 3.8) is 0 Å². The average molecular weight is 1220 g/mol. The Kier molecular flexibility index (Phi) is 26.2. The van der Waals surface area contributed by atoms with Gasteiger partial charge in [0.25, 0.3) is 17.7 Å². The average Bonchev–Trinajstić information content (AvgIpc) is 3.63. The van der Waals surface area contributed by atoms with Gasteiger partial charge >= 0.3 is 5.97 Å². The predicted molar refractivity (Wildman–Crippen MR) is 291 cm³/mol. The van der Waals surface area contributed by atoms with Crippen molar-refractivity contribution in [2.45, 2.75) is 95.0 Å². The molecule has 0 spiro atoms. The molecule has 1 aromatic heterocycles. The molecule has 2 aromatic carbocycles. The van der Waals surface area contributed by atoms with Crippen LogP contribution in [0.3, 0.4) is 0 Å². The Morgan fingerprint density at radius 1 is 0.769 bits per heavy atom. The molecule has 3 aliphatic heterocycles. The van der Waals surface area contributed by atoms with Gasteiger partial charge in [0.15, 0.2) is 30.8 Å². The third kappa shape index (κ3) is 19.3. The number of halogens is 2. The standard InChI is InChI=1S/C54H65Br2N5O16.CH3/c55-44-45(56)52(70)61(51(44)69)25-27-74-29-31-75-30-28-73-26-20-42(63)57-21-17-43(64)58-40-32-37(14-16-41(40)76-54-48(67)46(65)47(66)49(77-54)53(71)72)34-59-22-7-9-36(33-59)13-15-39(62)12-6-1-3-8-35-18-23-60(24-19-35)50(68)38-10-4-2-5-11-38;/h2,4-5,7,9-11,13-16,22,32-33,35,46-49,54,65-67H,1,3,6,8,12,17-21,23-31,34H2,(H2-,57,58,63,64,71,72);1H3/q;-1/p+1/b15-13+;/t46-,47-,48+,49-,54+;/m0./s1. The first-order valence-electron chi connectivity index (χ1n) is 25.6. The van der Waals surface area contributed by atoms with E-state index >= 15 is 0 Å². The molecule has 78 heavy (non-hydrogen) atoms. The number of hydrogen-bond donors (Lipinski definition) is 6. The number of carbonyl (C=O) groups is 7. The highest BCUT2D eigenvalue weighted by atomic mass is 79.9. The summed E-state index contributed by atoms with van der Waals surface area (Å²) in [6.45, 7) is 3.01. The quantitative estimate of drug-likeness (QED) is 0.0180. The molecule has 4 heterocycles. The molecule has 0 bridgehead atoms. The van der Waals surface area contributed by atoms with Crippen molar-refractivity contribution in [2.24, 2.45) is 5.92 Å². The number of ketones is 1. The van der Waals surface area contributed by atoms with Gasteiger partial charge in [0.2, 0.25) is 18.1 Å². The molecule has 3 aliphatic rings. The Labute approximate surface area is 470 Å². The third-order valence-corrected chi connectivity index (χ3v) is 15.0. The number of carboxylic acid groups (broad SMARTS) is 1. The summed E-state index contributed by atoms with van der Waals surface area (Å²) in [5.74, 6) is -2.75. The lowest BCUT2D eigenvalue weighted by atomic mass is 9.90. The number of amides is 5. The van der Waals surface area contributed by atoms with E-state index in [-0.39, 0.29) is 118 Å². The zero-order valence-corrected chi connectivity index (χ0v) is 46.6. The second-order valence-corrected chi connectivity index (χ2v) is 20.2. The smallest absolute Gasteiger partial charge is 0.335 e. The molecule has 6 N–H and O–H groups in total. The zero-order chi connectivity index (χ0) is 55.3. The molecule has 0 radical (unpaired) electrons. The van der Waals surface area contributed by atoms with E-state index in [1.165, 1.54) is 6.07 Å².